The number of nitrogens with one attached hydrogen (secondary N) is 2. The van der Waals surface area contributed by atoms with Crippen LogP contribution in [0.4, 0.5) is 24.5 Å². The molecule has 3 rings (SSSR count). The van der Waals surface area contributed by atoms with Gasteiger partial charge in [-0.15, -0.1) is 0 Å². The van der Waals surface area contributed by atoms with Crippen molar-refractivity contribution in [2.75, 3.05) is 18.5 Å². The van der Waals surface area contributed by atoms with Crippen LogP contribution in [0.3, 0.4) is 0 Å². The van der Waals surface area contributed by atoms with E-state index in [1.54, 1.807) is 30.3 Å². The molecule has 3 aromatic carbocycles. The molecule has 0 saturated carbocycles. The zero-order valence-electron chi connectivity index (χ0n) is 16.4. The van der Waals surface area contributed by atoms with Gasteiger partial charge in [-0.05, 0) is 65.1 Å². The second kappa shape index (κ2) is 11.2. The quantitative estimate of drug-likeness (QED) is 0.265. The summed E-state index contributed by atoms with van der Waals surface area (Å²) < 4.78 is 48.3. The Balaban J connectivity index is 1.62. The van der Waals surface area contributed by atoms with E-state index in [1.165, 1.54) is 12.1 Å². The number of halogens is 4. The third-order valence-electron chi connectivity index (χ3n) is 4.16. The average Bonchev–Trinajstić information content (AvgIpc) is 2.78. The van der Waals surface area contributed by atoms with Crippen LogP contribution < -0.4 is 15.5 Å². The minimum absolute atomic E-state index is 0.0933. The fraction of sp³-hybridized carbons (Fsp3) is 0.136. The number of aliphatic hydroxyl groups excluding tert-OH is 1. The van der Waals surface area contributed by atoms with Crippen molar-refractivity contribution in [2.24, 2.45) is 0 Å². The van der Waals surface area contributed by atoms with Gasteiger partial charge in [-0.2, -0.15) is 0 Å². The first-order chi connectivity index (χ1) is 15.3. The zero-order valence-corrected chi connectivity index (χ0v) is 18.6. The lowest BCUT2D eigenvalue weighted by molar-refractivity contribution is -0.0259. The number of amides is 1. The van der Waals surface area contributed by atoms with E-state index in [1.807, 2.05) is 34.1 Å². The smallest absolute Gasteiger partial charge is 0.277 e. The fourth-order valence-electron chi connectivity index (χ4n) is 2.60. The number of rotatable bonds is 9. The molecule has 1 amide bonds. The predicted octanol–water partition coefficient (Wildman–Crippen LogP) is 4.55. The molecule has 10 heteroatoms. The average molecular weight is 558 g/mol. The monoisotopic (exact) mass is 558 g/mol. The summed E-state index contributed by atoms with van der Waals surface area (Å²) in [5.41, 5.74) is 1.03. The van der Waals surface area contributed by atoms with Gasteiger partial charge in [0.25, 0.3) is 5.91 Å². The van der Waals surface area contributed by atoms with E-state index in [2.05, 4.69) is 5.32 Å². The molecule has 0 aliphatic carbocycles. The molecule has 0 aliphatic heterocycles. The first-order valence-electron chi connectivity index (χ1n) is 9.33. The number of para-hydroxylation sites is 1. The van der Waals surface area contributed by atoms with Crippen LogP contribution in [0.2, 0.25) is 0 Å². The maximum atomic E-state index is 14.4. The number of carbonyl (C=O) groups excluding carboxylic acids is 1. The molecule has 1 atom stereocenters. The van der Waals surface area contributed by atoms with Crippen molar-refractivity contribution in [1.29, 1.82) is 0 Å². The van der Waals surface area contributed by atoms with Crippen molar-refractivity contribution in [3.8, 4) is 5.75 Å². The number of benzene rings is 3. The van der Waals surface area contributed by atoms with Gasteiger partial charge in [-0.25, -0.2) is 18.7 Å². The molecule has 0 fully saturated rings. The number of ether oxygens (including phenoxy) is 1. The van der Waals surface area contributed by atoms with Gasteiger partial charge in [-0.3, -0.25) is 9.63 Å². The van der Waals surface area contributed by atoms with Crippen LogP contribution >= 0.6 is 22.6 Å². The van der Waals surface area contributed by atoms with Crippen molar-refractivity contribution >= 4 is 39.9 Å². The second-order valence-electron chi connectivity index (χ2n) is 6.55. The molecule has 168 valence electrons. The van der Waals surface area contributed by atoms with Gasteiger partial charge >= 0.3 is 0 Å². The Morgan fingerprint density at radius 3 is 2.47 bits per heavy atom. The molecule has 0 aliphatic rings. The molecular weight excluding hydrogens is 540 g/mol. The van der Waals surface area contributed by atoms with Crippen LogP contribution in [0, 0.1) is 21.0 Å². The highest BCUT2D eigenvalue weighted by atomic mass is 127. The van der Waals surface area contributed by atoms with E-state index in [0.717, 1.165) is 12.1 Å². The third-order valence-corrected chi connectivity index (χ3v) is 4.83. The number of hydrogen-bond acceptors (Lipinski definition) is 5. The van der Waals surface area contributed by atoms with Crippen molar-refractivity contribution < 1.29 is 32.6 Å². The number of anilines is 2. The Morgan fingerprint density at radius 2 is 1.75 bits per heavy atom. The molecule has 0 spiro atoms. The molecule has 3 aromatic rings. The summed E-state index contributed by atoms with van der Waals surface area (Å²) in [6.07, 6.45) is -1.07. The summed E-state index contributed by atoms with van der Waals surface area (Å²) in [4.78, 5) is 17.4. The SMILES string of the molecule is O=C(NOCC(O)COc1ccccc1)c1ccc(F)c(F)c1Nc1ccc(I)cc1F. The first kappa shape index (κ1) is 23.8. The van der Waals surface area contributed by atoms with Crippen molar-refractivity contribution in [2.45, 2.75) is 6.10 Å². The van der Waals surface area contributed by atoms with Gasteiger partial charge in [0.05, 0.1) is 16.9 Å². The Hall–Kier alpha value is -2.83. The molecule has 6 nitrogen and oxygen atoms in total. The van der Waals surface area contributed by atoms with Gasteiger partial charge < -0.3 is 15.2 Å². The molecule has 3 N–H and O–H groups in total. The van der Waals surface area contributed by atoms with Crippen LogP contribution in [0.5, 0.6) is 5.75 Å². The van der Waals surface area contributed by atoms with E-state index in [0.29, 0.717) is 9.32 Å². The molecule has 0 aromatic heterocycles. The summed E-state index contributed by atoms with van der Waals surface area (Å²) in [6.45, 7) is -0.416. The first-order valence-corrected chi connectivity index (χ1v) is 10.4. The summed E-state index contributed by atoms with van der Waals surface area (Å²) in [6, 6.07) is 14.7. The highest BCUT2D eigenvalue weighted by Crippen LogP contribution is 2.28. The number of carbonyl (C=O) groups is 1. The zero-order chi connectivity index (χ0) is 23.1. The van der Waals surface area contributed by atoms with E-state index in [9.17, 15) is 23.1 Å². The number of hydroxylamine groups is 1. The van der Waals surface area contributed by atoms with Crippen molar-refractivity contribution in [3.05, 3.63) is 87.2 Å². The molecule has 0 bridgehead atoms. The van der Waals surface area contributed by atoms with Crippen LogP contribution in [0.1, 0.15) is 10.4 Å². The lowest BCUT2D eigenvalue weighted by atomic mass is 10.1. The molecule has 32 heavy (non-hydrogen) atoms. The maximum absolute atomic E-state index is 14.4. The maximum Gasteiger partial charge on any atom is 0.277 e. The highest BCUT2D eigenvalue weighted by molar-refractivity contribution is 14.1. The van der Waals surface area contributed by atoms with Gasteiger partial charge in [0.15, 0.2) is 11.6 Å². The van der Waals surface area contributed by atoms with Gasteiger partial charge in [-0.1, -0.05) is 18.2 Å². The van der Waals surface area contributed by atoms with Gasteiger partial charge in [0, 0.05) is 3.57 Å². The highest BCUT2D eigenvalue weighted by Gasteiger charge is 2.20. The molecule has 1 unspecified atom stereocenters. The molecular formula is C22H18F3IN2O4. The fourth-order valence-corrected chi connectivity index (χ4v) is 3.06. The van der Waals surface area contributed by atoms with Crippen molar-refractivity contribution in [3.63, 3.8) is 0 Å². The lowest BCUT2D eigenvalue weighted by Crippen LogP contribution is -2.31. The Bertz CT molecular complexity index is 1090. The normalized spacial score (nSPS) is 11.7. The minimum atomic E-state index is -1.35. The van der Waals surface area contributed by atoms with Crippen molar-refractivity contribution in [1.82, 2.24) is 5.48 Å². The van der Waals surface area contributed by atoms with Gasteiger partial charge in [0.2, 0.25) is 0 Å². The Kier molecular flexibility index (Phi) is 8.31. The predicted molar refractivity (Wildman–Crippen MR) is 120 cm³/mol. The molecule has 0 radical (unpaired) electrons. The van der Waals surface area contributed by atoms with E-state index < -0.39 is 35.2 Å². The summed E-state index contributed by atoms with van der Waals surface area (Å²) >= 11 is 1.90. The summed E-state index contributed by atoms with van der Waals surface area (Å²) in [5.74, 6) is -3.65. The largest absolute Gasteiger partial charge is 0.491 e. The van der Waals surface area contributed by atoms with Crippen LogP contribution in [0.15, 0.2) is 60.7 Å². The van der Waals surface area contributed by atoms with E-state index in [4.69, 9.17) is 9.57 Å². The van der Waals surface area contributed by atoms with Crippen LogP contribution in [-0.2, 0) is 4.84 Å². The number of aliphatic hydroxyl groups is 1. The minimum Gasteiger partial charge on any atom is -0.491 e. The van der Waals surface area contributed by atoms with Crippen LogP contribution in [0.25, 0.3) is 0 Å². The third kappa shape index (κ3) is 6.34. The second-order valence-corrected chi connectivity index (χ2v) is 7.80. The molecule has 0 saturated heterocycles. The van der Waals surface area contributed by atoms with E-state index >= 15 is 0 Å². The summed E-state index contributed by atoms with van der Waals surface area (Å²) in [7, 11) is 0. The standard InChI is InChI=1S/C22H18F3IN2O4/c23-17-8-7-16(21(20(17)25)27-19-9-6-13(26)10-18(19)24)22(30)28-32-12-14(29)11-31-15-4-2-1-3-5-15/h1-10,14,27,29H,11-12H2,(H,28,30). The van der Waals surface area contributed by atoms with Crippen LogP contribution in [-0.4, -0.2) is 30.3 Å². The van der Waals surface area contributed by atoms with Gasteiger partial charge in [0.1, 0.15) is 30.9 Å². The summed E-state index contributed by atoms with van der Waals surface area (Å²) in [5, 5.41) is 12.3. The Labute approximate surface area is 195 Å². The number of hydrogen-bond donors (Lipinski definition) is 3. The lowest BCUT2D eigenvalue weighted by Gasteiger charge is -2.15. The Morgan fingerprint density at radius 1 is 1.00 bits per heavy atom. The molecule has 0 heterocycles. The van der Waals surface area contributed by atoms with E-state index in [-0.39, 0.29) is 24.5 Å². The topological polar surface area (TPSA) is 79.8 Å².